The van der Waals surface area contributed by atoms with Crippen LogP contribution in [0.25, 0.3) is 0 Å². The van der Waals surface area contributed by atoms with Crippen molar-refractivity contribution in [3.63, 3.8) is 0 Å². The van der Waals surface area contributed by atoms with Gasteiger partial charge in [0.1, 0.15) is 0 Å². The zero-order valence-corrected chi connectivity index (χ0v) is 12.2. The van der Waals surface area contributed by atoms with Crippen molar-refractivity contribution in [2.24, 2.45) is 5.73 Å². The average molecular weight is 274 g/mol. The Morgan fingerprint density at radius 1 is 1.00 bits per heavy atom. The Kier molecular flexibility index (Phi) is 4.62. The van der Waals surface area contributed by atoms with E-state index in [0.717, 1.165) is 22.6 Å². The van der Waals surface area contributed by atoms with Crippen molar-refractivity contribution in [3.8, 4) is 0 Å². The summed E-state index contributed by atoms with van der Waals surface area (Å²) in [4.78, 5) is 0. The van der Waals surface area contributed by atoms with Crippen LogP contribution in [0, 0.1) is 0 Å². The van der Waals surface area contributed by atoms with Crippen molar-refractivity contribution < 1.29 is 0 Å². The van der Waals surface area contributed by atoms with Gasteiger partial charge in [-0.15, -0.1) is 0 Å². The Bertz CT molecular complexity index is 533. The van der Waals surface area contributed by atoms with Crippen LogP contribution in [0.1, 0.15) is 48.9 Å². The number of hydrogen-bond acceptors (Lipinski definition) is 1. The highest BCUT2D eigenvalue weighted by Crippen LogP contribution is 2.25. The summed E-state index contributed by atoms with van der Waals surface area (Å²) in [5.74, 6) is 0.594. The van der Waals surface area contributed by atoms with Gasteiger partial charge in [0.25, 0.3) is 0 Å². The number of rotatable bonds is 4. The van der Waals surface area contributed by atoms with Crippen molar-refractivity contribution in [3.05, 3.63) is 70.2 Å². The summed E-state index contributed by atoms with van der Waals surface area (Å²) in [6.45, 7) is 4.45. The van der Waals surface area contributed by atoms with Crippen LogP contribution in [-0.2, 0) is 0 Å². The van der Waals surface area contributed by atoms with Gasteiger partial charge in [-0.05, 0) is 41.2 Å². The van der Waals surface area contributed by atoms with E-state index in [1.807, 2.05) is 24.3 Å². The first-order valence-electron chi connectivity index (χ1n) is 6.72. The average Bonchev–Trinajstić information content (AvgIpc) is 2.46. The smallest absolute Gasteiger partial charge is 0.0552 e. The van der Waals surface area contributed by atoms with Gasteiger partial charge in [-0.1, -0.05) is 61.8 Å². The molecule has 0 aliphatic rings. The second-order valence-corrected chi connectivity index (χ2v) is 5.45. The SMILES string of the molecule is CCC(C)c1ccc(C(N)c2cccc(Cl)c2)cc1. The van der Waals surface area contributed by atoms with Gasteiger partial charge in [-0.2, -0.15) is 0 Å². The van der Waals surface area contributed by atoms with Gasteiger partial charge in [0.15, 0.2) is 0 Å². The molecule has 0 aromatic heterocycles. The molecule has 0 amide bonds. The molecule has 2 heteroatoms. The second kappa shape index (κ2) is 6.23. The van der Waals surface area contributed by atoms with E-state index < -0.39 is 0 Å². The molecule has 0 saturated carbocycles. The van der Waals surface area contributed by atoms with E-state index in [9.17, 15) is 0 Å². The molecule has 1 nitrogen and oxygen atoms in total. The van der Waals surface area contributed by atoms with Crippen molar-refractivity contribution in [2.45, 2.75) is 32.2 Å². The summed E-state index contributed by atoms with van der Waals surface area (Å²) in [5.41, 5.74) is 9.82. The van der Waals surface area contributed by atoms with Crippen LogP contribution in [0.3, 0.4) is 0 Å². The van der Waals surface area contributed by atoms with Crippen molar-refractivity contribution in [1.29, 1.82) is 0 Å². The largest absolute Gasteiger partial charge is 0.320 e. The van der Waals surface area contributed by atoms with Crippen molar-refractivity contribution in [1.82, 2.24) is 0 Å². The highest BCUT2D eigenvalue weighted by molar-refractivity contribution is 6.30. The maximum absolute atomic E-state index is 6.29. The Balaban J connectivity index is 2.22. The lowest BCUT2D eigenvalue weighted by Crippen LogP contribution is -2.11. The molecule has 2 N–H and O–H groups in total. The van der Waals surface area contributed by atoms with Crippen molar-refractivity contribution in [2.75, 3.05) is 0 Å². The zero-order valence-electron chi connectivity index (χ0n) is 11.4. The van der Waals surface area contributed by atoms with E-state index in [4.69, 9.17) is 17.3 Å². The van der Waals surface area contributed by atoms with Gasteiger partial charge in [-0.3, -0.25) is 0 Å². The lowest BCUT2D eigenvalue weighted by Gasteiger charge is -2.15. The zero-order chi connectivity index (χ0) is 13.8. The molecular formula is C17H20ClN. The molecular weight excluding hydrogens is 254 g/mol. The van der Waals surface area contributed by atoms with Gasteiger partial charge >= 0.3 is 0 Å². The molecule has 19 heavy (non-hydrogen) atoms. The van der Waals surface area contributed by atoms with Crippen LogP contribution >= 0.6 is 11.6 Å². The Labute approximate surface area is 120 Å². The predicted molar refractivity (Wildman–Crippen MR) is 82.6 cm³/mol. The number of nitrogens with two attached hydrogens (primary N) is 1. The van der Waals surface area contributed by atoms with Gasteiger partial charge in [-0.25, -0.2) is 0 Å². The third-order valence-electron chi connectivity index (χ3n) is 3.68. The second-order valence-electron chi connectivity index (χ2n) is 5.01. The fraction of sp³-hybridized carbons (Fsp3) is 0.294. The van der Waals surface area contributed by atoms with E-state index in [2.05, 4.69) is 38.1 Å². The standard InChI is InChI=1S/C17H20ClN/c1-3-12(2)13-7-9-14(10-8-13)17(19)15-5-4-6-16(18)11-15/h4-12,17H,3,19H2,1-2H3. The van der Waals surface area contributed by atoms with Crippen LogP contribution in [0.4, 0.5) is 0 Å². The number of benzene rings is 2. The van der Waals surface area contributed by atoms with E-state index in [0.29, 0.717) is 5.92 Å². The van der Waals surface area contributed by atoms with Crippen LogP contribution in [0.2, 0.25) is 5.02 Å². The van der Waals surface area contributed by atoms with E-state index in [1.165, 1.54) is 5.56 Å². The molecule has 2 aromatic carbocycles. The molecule has 2 atom stereocenters. The molecule has 2 aromatic rings. The molecule has 2 unspecified atom stereocenters. The minimum atomic E-state index is -0.121. The topological polar surface area (TPSA) is 26.0 Å². The highest BCUT2D eigenvalue weighted by atomic mass is 35.5. The third-order valence-corrected chi connectivity index (χ3v) is 3.92. The summed E-state index contributed by atoms with van der Waals surface area (Å²) in [7, 11) is 0. The Morgan fingerprint density at radius 3 is 2.21 bits per heavy atom. The molecule has 100 valence electrons. The predicted octanol–water partition coefficient (Wildman–Crippen LogP) is 4.90. The minimum absolute atomic E-state index is 0.121. The molecule has 0 heterocycles. The first-order valence-corrected chi connectivity index (χ1v) is 7.10. The molecule has 2 rings (SSSR count). The molecule has 0 bridgehead atoms. The summed E-state index contributed by atoms with van der Waals surface area (Å²) in [5, 5.41) is 0.726. The maximum Gasteiger partial charge on any atom is 0.0552 e. The van der Waals surface area contributed by atoms with Gasteiger partial charge in [0, 0.05) is 5.02 Å². The number of halogens is 1. The Morgan fingerprint density at radius 2 is 1.63 bits per heavy atom. The van der Waals surface area contributed by atoms with Crippen LogP contribution in [0.15, 0.2) is 48.5 Å². The lowest BCUT2D eigenvalue weighted by molar-refractivity contribution is 0.732. The molecule has 0 aliphatic heterocycles. The first-order chi connectivity index (χ1) is 9.11. The maximum atomic E-state index is 6.29. The van der Waals surface area contributed by atoms with E-state index in [1.54, 1.807) is 0 Å². The molecule has 0 fully saturated rings. The lowest BCUT2D eigenvalue weighted by atomic mass is 9.94. The van der Waals surface area contributed by atoms with E-state index in [-0.39, 0.29) is 6.04 Å². The molecule has 0 saturated heterocycles. The van der Waals surface area contributed by atoms with Crippen molar-refractivity contribution >= 4 is 11.6 Å². The quantitative estimate of drug-likeness (QED) is 0.842. The highest BCUT2D eigenvalue weighted by Gasteiger charge is 2.10. The number of hydrogen-bond donors (Lipinski definition) is 1. The van der Waals surface area contributed by atoms with E-state index >= 15 is 0 Å². The Hall–Kier alpha value is -1.31. The molecule has 0 aliphatic carbocycles. The normalized spacial score (nSPS) is 14.1. The minimum Gasteiger partial charge on any atom is -0.320 e. The van der Waals surface area contributed by atoms with Gasteiger partial charge in [0.2, 0.25) is 0 Å². The summed E-state index contributed by atoms with van der Waals surface area (Å²) >= 11 is 6.01. The summed E-state index contributed by atoms with van der Waals surface area (Å²) in [6, 6.07) is 16.2. The van der Waals surface area contributed by atoms with Gasteiger partial charge < -0.3 is 5.73 Å². The monoisotopic (exact) mass is 273 g/mol. The van der Waals surface area contributed by atoms with Crippen LogP contribution in [0.5, 0.6) is 0 Å². The first kappa shape index (κ1) is 14.1. The fourth-order valence-electron chi connectivity index (χ4n) is 2.16. The fourth-order valence-corrected chi connectivity index (χ4v) is 2.36. The summed E-state index contributed by atoms with van der Waals surface area (Å²) < 4.78 is 0. The van der Waals surface area contributed by atoms with Crippen LogP contribution < -0.4 is 5.73 Å². The summed E-state index contributed by atoms with van der Waals surface area (Å²) in [6.07, 6.45) is 1.15. The third kappa shape index (κ3) is 3.37. The molecule has 0 spiro atoms. The van der Waals surface area contributed by atoms with Crippen LogP contribution in [-0.4, -0.2) is 0 Å². The van der Waals surface area contributed by atoms with Gasteiger partial charge in [0.05, 0.1) is 6.04 Å². The molecule has 0 radical (unpaired) electrons.